The maximum Gasteiger partial charge on any atom is 0.325 e. The number of fused-ring (bicyclic) bond motifs is 1. The van der Waals surface area contributed by atoms with Crippen LogP contribution in [0.5, 0.6) is 0 Å². The third-order valence-corrected chi connectivity index (χ3v) is 5.32. The average Bonchev–Trinajstić information content (AvgIpc) is 3.22. The van der Waals surface area contributed by atoms with Crippen LogP contribution < -0.4 is 5.32 Å². The van der Waals surface area contributed by atoms with E-state index in [-0.39, 0.29) is 12.5 Å². The molecule has 6 nitrogen and oxygen atoms in total. The van der Waals surface area contributed by atoms with Crippen LogP contribution in [-0.4, -0.2) is 21.8 Å². The fraction of sp³-hybridized carbons (Fsp3) is 0.421. The van der Waals surface area contributed by atoms with Crippen molar-refractivity contribution in [3.05, 3.63) is 52.2 Å². The largest absolute Gasteiger partial charge is 0.444 e. The Hall–Kier alpha value is -2.63. The van der Waals surface area contributed by atoms with Gasteiger partial charge in [0, 0.05) is 0 Å². The minimum Gasteiger partial charge on any atom is -0.444 e. The molecule has 2 aromatic rings. The molecule has 6 heteroatoms. The van der Waals surface area contributed by atoms with E-state index in [0.717, 1.165) is 30.5 Å². The normalized spacial score (nSPS) is 22.4. The van der Waals surface area contributed by atoms with Gasteiger partial charge in [-0.1, -0.05) is 18.2 Å². The number of rotatable bonds is 3. The first-order chi connectivity index (χ1) is 11.9. The molecule has 0 bridgehead atoms. The summed E-state index contributed by atoms with van der Waals surface area (Å²) in [7, 11) is 0. The average molecular weight is 339 g/mol. The molecule has 0 unspecified atom stereocenters. The summed E-state index contributed by atoms with van der Waals surface area (Å²) in [6.07, 6.45) is 3.26. The number of aryl methyl sites for hydroxylation is 4. The molecule has 1 saturated heterocycles. The fourth-order valence-corrected chi connectivity index (χ4v) is 3.66. The van der Waals surface area contributed by atoms with Crippen molar-refractivity contribution in [1.82, 2.24) is 15.2 Å². The number of carbonyl (C=O) groups excluding carboxylic acids is 2. The minimum atomic E-state index is -1.05. The molecule has 1 aromatic carbocycles. The lowest BCUT2D eigenvalue weighted by Gasteiger charge is -2.23. The van der Waals surface area contributed by atoms with Crippen LogP contribution in [0.2, 0.25) is 0 Å². The third kappa shape index (κ3) is 2.44. The maximum atomic E-state index is 13.0. The van der Waals surface area contributed by atoms with Crippen molar-refractivity contribution in [3.8, 4) is 0 Å². The topological polar surface area (TPSA) is 75.4 Å². The van der Waals surface area contributed by atoms with Crippen LogP contribution in [0.1, 0.15) is 47.4 Å². The van der Waals surface area contributed by atoms with Crippen LogP contribution in [-0.2, 0) is 29.7 Å². The molecule has 1 fully saturated rings. The number of hydrogen-bond donors (Lipinski definition) is 1. The van der Waals surface area contributed by atoms with E-state index in [2.05, 4.69) is 22.4 Å². The summed E-state index contributed by atoms with van der Waals surface area (Å²) in [4.78, 5) is 30.9. The first kappa shape index (κ1) is 15.9. The minimum absolute atomic E-state index is 0.0415. The molecule has 1 aliphatic carbocycles. The maximum absolute atomic E-state index is 13.0. The van der Waals surface area contributed by atoms with Crippen molar-refractivity contribution < 1.29 is 14.0 Å². The quantitative estimate of drug-likeness (QED) is 0.873. The lowest BCUT2D eigenvalue weighted by Crippen LogP contribution is -2.41. The molecule has 3 amide bonds. The van der Waals surface area contributed by atoms with Gasteiger partial charge < -0.3 is 9.73 Å². The number of oxazole rings is 1. The van der Waals surface area contributed by atoms with Crippen molar-refractivity contribution in [2.24, 2.45) is 0 Å². The zero-order valence-electron chi connectivity index (χ0n) is 14.7. The second-order valence-corrected chi connectivity index (χ2v) is 7.03. The number of hydrogen-bond acceptors (Lipinski definition) is 4. The van der Waals surface area contributed by atoms with Crippen LogP contribution >= 0.6 is 0 Å². The second kappa shape index (κ2) is 5.44. The Morgan fingerprint density at radius 1 is 1.24 bits per heavy atom. The molecule has 2 aliphatic rings. The van der Waals surface area contributed by atoms with Crippen LogP contribution in [0.25, 0.3) is 0 Å². The molecule has 25 heavy (non-hydrogen) atoms. The molecule has 130 valence electrons. The first-order valence-corrected chi connectivity index (χ1v) is 8.58. The number of imide groups is 1. The van der Waals surface area contributed by atoms with E-state index in [1.54, 1.807) is 6.92 Å². The molecule has 2 heterocycles. The molecule has 0 spiro atoms. The smallest absolute Gasteiger partial charge is 0.325 e. The number of aromatic nitrogens is 1. The van der Waals surface area contributed by atoms with Crippen LogP contribution in [0, 0.1) is 13.8 Å². The molecule has 1 aliphatic heterocycles. The van der Waals surface area contributed by atoms with Gasteiger partial charge in [0.25, 0.3) is 5.91 Å². The summed E-state index contributed by atoms with van der Waals surface area (Å²) in [5, 5.41) is 2.85. The number of urea groups is 1. The molecule has 1 aromatic heterocycles. The van der Waals surface area contributed by atoms with E-state index < -0.39 is 11.6 Å². The highest BCUT2D eigenvalue weighted by Gasteiger charge is 2.49. The first-order valence-electron chi connectivity index (χ1n) is 8.58. The highest BCUT2D eigenvalue weighted by atomic mass is 16.4. The predicted octanol–water partition coefficient (Wildman–Crippen LogP) is 2.75. The summed E-state index contributed by atoms with van der Waals surface area (Å²) in [6, 6.07) is 5.67. The predicted molar refractivity (Wildman–Crippen MR) is 90.9 cm³/mol. The van der Waals surface area contributed by atoms with Gasteiger partial charge in [-0.15, -0.1) is 0 Å². The fourth-order valence-electron chi connectivity index (χ4n) is 3.66. The molecule has 1 N–H and O–H groups in total. The number of amides is 3. The number of nitrogens with one attached hydrogen (secondary N) is 1. The van der Waals surface area contributed by atoms with Gasteiger partial charge in [-0.3, -0.25) is 9.69 Å². The van der Waals surface area contributed by atoms with Gasteiger partial charge in [-0.05, 0) is 56.7 Å². The van der Waals surface area contributed by atoms with Crippen molar-refractivity contribution in [2.75, 3.05) is 0 Å². The van der Waals surface area contributed by atoms with Gasteiger partial charge in [0.2, 0.25) is 5.89 Å². The van der Waals surface area contributed by atoms with Gasteiger partial charge in [0.05, 0.1) is 5.69 Å². The van der Waals surface area contributed by atoms with Crippen molar-refractivity contribution >= 4 is 11.9 Å². The Balaban J connectivity index is 1.63. The van der Waals surface area contributed by atoms with E-state index in [9.17, 15) is 9.59 Å². The van der Waals surface area contributed by atoms with Crippen LogP contribution in [0.4, 0.5) is 4.79 Å². The summed E-state index contributed by atoms with van der Waals surface area (Å²) < 4.78 is 5.52. The Morgan fingerprint density at radius 3 is 2.72 bits per heavy atom. The van der Waals surface area contributed by atoms with Crippen LogP contribution in [0.15, 0.2) is 22.6 Å². The monoisotopic (exact) mass is 339 g/mol. The Morgan fingerprint density at radius 2 is 2.00 bits per heavy atom. The van der Waals surface area contributed by atoms with E-state index in [4.69, 9.17) is 4.42 Å². The second-order valence-electron chi connectivity index (χ2n) is 7.03. The molecular weight excluding hydrogens is 318 g/mol. The standard InChI is InChI=1S/C19H21N3O3/c1-11-12(2)25-16(20-11)10-22-17(23)19(3,21-18(22)24)15-8-7-13-5-4-6-14(13)9-15/h7-9H,4-6,10H2,1-3H3,(H,21,24)/t19-/m1/s1. The summed E-state index contributed by atoms with van der Waals surface area (Å²) in [6.45, 7) is 5.45. The third-order valence-electron chi connectivity index (χ3n) is 5.32. The zero-order valence-corrected chi connectivity index (χ0v) is 14.7. The molecular formula is C19H21N3O3. The van der Waals surface area contributed by atoms with Gasteiger partial charge in [0.15, 0.2) is 0 Å². The Kier molecular flexibility index (Phi) is 3.45. The summed E-state index contributed by atoms with van der Waals surface area (Å²) in [5.41, 5.74) is 3.16. The highest BCUT2D eigenvalue weighted by Crippen LogP contribution is 2.33. The molecule has 0 saturated carbocycles. The van der Waals surface area contributed by atoms with Gasteiger partial charge >= 0.3 is 6.03 Å². The van der Waals surface area contributed by atoms with Gasteiger partial charge in [-0.25, -0.2) is 9.78 Å². The summed E-state index contributed by atoms with van der Waals surface area (Å²) >= 11 is 0. The number of carbonyl (C=O) groups is 2. The van der Waals surface area contributed by atoms with Gasteiger partial charge in [-0.2, -0.15) is 0 Å². The van der Waals surface area contributed by atoms with Gasteiger partial charge in [0.1, 0.15) is 17.8 Å². The SMILES string of the molecule is Cc1nc(CN2C(=O)N[C@](C)(c3ccc4c(c3)CCC4)C2=O)oc1C. The van der Waals surface area contributed by atoms with Crippen molar-refractivity contribution in [2.45, 2.75) is 52.1 Å². The summed E-state index contributed by atoms with van der Waals surface area (Å²) in [5.74, 6) is 0.795. The Labute approximate surface area is 146 Å². The van der Waals surface area contributed by atoms with Crippen LogP contribution in [0.3, 0.4) is 0 Å². The van der Waals surface area contributed by atoms with E-state index >= 15 is 0 Å². The van der Waals surface area contributed by atoms with Crippen molar-refractivity contribution in [3.63, 3.8) is 0 Å². The highest BCUT2D eigenvalue weighted by molar-refractivity contribution is 6.07. The van der Waals surface area contributed by atoms with E-state index in [1.807, 2.05) is 19.9 Å². The lowest BCUT2D eigenvalue weighted by atomic mass is 9.90. The Bertz CT molecular complexity index is 867. The van der Waals surface area contributed by atoms with Crippen molar-refractivity contribution in [1.29, 1.82) is 0 Å². The van der Waals surface area contributed by atoms with E-state index in [1.165, 1.54) is 16.0 Å². The lowest BCUT2D eigenvalue weighted by molar-refractivity contribution is -0.131. The molecule has 4 rings (SSSR count). The molecule has 0 radical (unpaired) electrons. The van der Waals surface area contributed by atoms with E-state index in [0.29, 0.717) is 11.7 Å². The number of benzene rings is 1. The number of nitrogens with zero attached hydrogens (tertiary/aromatic N) is 2. The zero-order chi connectivity index (χ0) is 17.8. The molecule has 1 atom stereocenters.